The van der Waals surface area contributed by atoms with Gasteiger partial charge in [-0.1, -0.05) is 60.3 Å². The summed E-state index contributed by atoms with van der Waals surface area (Å²) in [6, 6.07) is 19.9. The van der Waals surface area contributed by atoms with Gasteiger partial charge in [0.15, 0.2) is 10.9 Å². The molecule has 0 saturated carbocycles. The molecule has 0 bridgehead atoms. The van der Waals surface area contributed by atoms with Crippen molar-refractivity contribution < 1.29 is 9.21 Å². The quantitative estimate of drug-likeness (QED) is 0.291. The highest BCUT2D eigenvalue weighted by Gasteiger charge is 2.23. The fourth-order valence-corrected chi connectivity index (χ4v) is 4.18. The van der Waals surface area contributed by atoms with E-state index in [1.165, 1.54) is 17.3 Å². The molecule has 6 heteroatoms. The van der Waals surface area contributed by atoms with Crippen LogP contribution in [0.3, 0.4) is 0 Å². The molecule has 5 nitrogen and oxygen atoms in total. The van der Waals surface area contributed by atoms with E-state index in [2.05, 4.69) is 22.1 Å². The van der Waals surface area contributed by atoms with Crippen LogP contribution in [0.2, 0.25) is 0 Å². The zero-order valence-electron chi connectivity index (χ0n) is 16.8. The van der Waals surface area contributed by atoms with Crippen molar-refractivity contribution >= 4 is 28.6 Å². The van der Waals surface area contributed by atoms with Gasteiger partial charge in [-0.15, -0.1) is 0 Å². The Morgan fingerprint density at radius 2 is 1.73 bits per heavy atom. The number of benzene rings is 2. The summed E-state index contributed by atoms with van der Waals surface area (Å²) >= 11 is 1.50. The largest absolute Gasteiger partial charge is 0.451 e. The van der Waals surface area contributed by atoms with Crippen LogP contribution >= 0.6 is 11.8 Å². The van der Waals surface area contributed by atoms with Crippen LogP contribution < -0.4 is 0 Å². The Balaban J connectivity index is 1.49. The number of aromatic nitrogens is 2. The summed E-state index contributed by atoms with van der Waals surface area (Å²) in [5.74, 6) is 0.880. The smallest absolute Gasteiger partial charge is 0.289 e. The molecule has 4 rings (SSSR count). The Morgan fingerprint density at radius 1 is 1.00 bits per heavy atom. The zero-order chi connectivity index (χ0) is 20.8. The van der Waals surface area contributed by atoms with Crippen LogP contribution in [-0.4, -0.2) is 34.4 Å². The van der Waals surface area contributed by atoms with E-state index in [1.807, 2.05) is 49.5 Å². The molecule has 2 heterocycles. The van der Waals surface area contributed by atoms with Gasteiger partial charge < -0.3 is 9.32 Å². The third-order valence-electron chi connectivity index (χ3n) is 4.93. The molecule has 0 saturated heterocycles. The first-order valence-electron chi connectivity index (χ1n) is 9.92. The van der Waals surface area contributed by atoms with Crippen LogP contribution in [0, 0.1) is 0 Å². The fraction of sp³-hybridized carbons (Fsp3) is 0.208. The number of furan rings is 1. The first-order valence-corrected chi connectivity index (χ1v) is 10.9. The summed E-state index contributed by atoms with van der Waals surface area (Å²) < 4.78 is 5.99. The van der Waals surface area contributed by atoms with Crippen molar-refractivity contribution in [2.75, 3.05) is 13.6 Å². The molecule has 0 aliphatic carbocycles. The molecule has 0 aliphatic rings. The molecule has 0 atom stereocenters. The molecule has 30 heavy (non-hydrogen) atoms. The molecule has 4 aromatic rings. The summed E-state index contributed by atoms with van der Waals surface area (Å²) in [5.41, 5.74) is 2.90. The van der Waals surface area contributed by atoms with Gasteiger partial charge in [-0.2, -0.15) is 0 Å². The molecule has 1 amide bonds. The summed E-state index contributed by atoms with van der Waals surface area (Å²) in [6.07, 6.45) is 5.27. The Morgan fingerprint density at radius 3 is 2.53 bits per heavy atom. The third kappa shape index (κ3) is 4.71. The van der Waals surface area contributed by atoms with Crippen LogP contribution in [0.15, 0.2) is 82.6 Å². The molecule has 0 radical (unpaired) electrons. The SMILES string of the molecule is CN(CCCc1ccccc1)C(=O)c1oc2ccccc2c1CSc1ncccn1. The Bertz CT molecular complexity index is 1110. The lowest BCUT2D eigenvalue weighted by atomic mass is 10.1. The van der Waals surface area contributed by atoms with E-state index in [1.54, 1.807) is 23.4 Å². The number of fused-ring (bicyclic) bond motifs is 1. The number of hydrogen-bond acceptors (Lipinski definition) is 5. The van der Waals surface area contributed by atoms with Gasteiger partial charge in [0.2, 0.25) is 0 Å². The number of amides is 1. The number of rotatable bonds is 8. The van der Waals surface area contributed by atoms with Crippen LogP contribution in [0.5, 0.6) is 0 Å². The van der Waals surface area contributed by atoms with Crippen molar-refractivity contribution in [2.24, 2.45) is 0 Å². The second-order valence-electron chi connectivity index (χ2n) is 7.04. The van der Waals surface area contributed by atoms with Crippen molar-refractivity contribution in [1.82, 2.24) is 14.9 Å². The molecule has 0 aliphatic heterocycles. The van der Waals surface area contributed by atoms with Gasteiger partial charge in [-0.25, -0.2) is 9.97 Å². The lowest BCUT2D eigenvalue weighted by molar-refractivity contribution is 0.0763. The molecule has 0 spiro atoms. The first-order chi connectivity index (χ1) is 14.7. The van der Waals surface area contributed by atoms with Gasteiger partial charge in [0, 0.05) is 42.7 Å². The lowest BCUT2D eigenvalue weighted by Crippen LogP contribution is -2.28. The normalized spacial score (nSPS) is 11.0. The molecule has 152 valence electrons. The summed E-state index contributed by atoms with van der Waals surface area (Å²) in [4.78, 5) is 23.5. The molecule has 0 fully saturated rings. The van der Waals surface area contributed by atoms with E-state index in [4.69, 9.17) is 4.42 Å². The minimum absolute atomic E-state index is 0.0937. The van der Waals surface area contributed by atoms with Crippen LogP contribution in [0.1, 0.15) is 28.1 Å². The van der Waals surface area contributed by atoms with Gasteiger partial charge in [0.05, 0.1) is 0 Å². The van der Waals surface area contributed by atoms with Crippen LogP contribution in [0.25, 0.3) is 11.0 Å². The predicted octanol–water partition coefficient (Wildman–Crippen LogP) is 5.22. The van der Waals surface area contributed by atoms with Crippen molar-refractivity contribution in [3.8, 4) is 0 Å². The maximum atomic E-state index is 13.2. The third-order valence-corrected chi connectivity index (χ3v) is 5.83. The van der Waals surface area contributed by atoms with Gasteiger partial charge in [0.1, 0.15) is 5.58 Å². The highest BCUT2D eigenvalue weighted by atomic mass is 32.2. The number of aryl methyl sites for hydroxylation is 1. The van der Waals surface area contributed by atoms with E-state index < -0.39 is 0 Å². The number of carbonyl (C=O) groups excluding carboxylic acids is 1. The first kappa shape index (κ1) is 20.2. The van der Waals surface area contributed by atoms with E-state index >= 15 is 0 Å². The molecule has 2 aromatic heterocycles. The fourth-order valence-electron chi connectivity index (χ4n) is 3.35. The highest BCUT2D eigenvalue weighted by Crippen LogP contribution is 2.31. The maximum Gasteiger partial charge on any atom is 0.289 e. The van der Waals surface area contributed by atoms with Gasteiger partial charge in [-0.05, 0) is 30.5 Å². The highest BCUT2D eigenvalue weighted by molar-refractivity contribution is 7.98. The van der Waals surface area contributed by atoms with Crippen LogP contribution in [-0.2, 0) is 12.2 Å². The predicted molar refractivity (Wildman–Crippen MR) is 120 cm³/mol. The zero-order valence-corrected chi connectivity index (χ0v) is 17.6. The topological polar surface area (TPSA) is 59.2 Å². The molecular formula is C24H23N3O2S. The number of thioether (sulfide) groups is 1. The Labute approximate surface area is 180 Å². The average molecular weight is 418 g/mol. The molecule has 2 aromatic carbocycles. The number of para-hydroxylation sites is 1. The lowest BCUT2D eigenvalue weighted by Gasteiger charge is -2.16. The Hall–Kier alpha value is -3.12. The second-order valence-corrected chi connectivity index (χ2v) is 7.98. The average Bonchev–Trinajstić information content (AvgIpc) is 3.17. The number of nitrogens with zero attached hydrogens (tertiary/aromatic N) is 3. The van der Waals surface area contributed by atoms with Gasteiger partial charge in [0.25, 0.3) is 5.91 Å². The summed E-state index contributed by atoms with van der Waals surface area (Å²) in [6.45, 7) is 0.666. The van der Waals surface area contributed by atoms with Crippen molar-refractivity contribution in [3.63, 3.8) is 0 Å². The molecular weight excluding hydrogens is 394 g/mol. The number of hydrogen-bond donors (Lipinski definition) is 0. The summed E-state index contributed by atoms with van der Waals surface area (Å²) in [7, 11) is 1.83. The molecule has 0 unspecified atom stereocenters. The standard InChI is InChI=1S/C24H23N3O2S/c1-27(16-7-11-18-9-3-2-4-10-18)23(28)22-20(17-30-24-25-14-8-15-26-24)19-12-5-6-13-21(19)29-22/h2-6,8-10,12-15H,7,11,16-17H2,1H3. The van der Waals surface area contributed by atoms with Gasteiger partial charge in [-0.3, -0.25) is 4.79 Å². The van der Waals surface area contributed by atoms with E-state index in [0.717, 1.165) is 29.4 Å². The molecule has 0 N–H and O–H groups in total. The second kappa shape index (κ2) is 9.59. The Kier molecular flexibility index (Phi) is 6.44. The van der Waals surface area contributed by atoms with Crippen molar-refractivity contribution in [3.05, 3.63) is 89.9 Å². The maximum absolute atomic E-state index is 13.2. The van der Waals surface area contributed by atoms with E-state index in [-0.39, 0.29) is 5.91 Å². The minimum Gasteiger partial charge on any atom is -0.451 e. The van der Waals surface area contributed by atoms with Crippen molar-refractivity contribution in [1.29, 1.82) is 0 Å². The van der Waals surface area contributed by atoms with Gasteiger partial charge >= 0.3 is 0 Å². The van der Waals surface area contributed by atoms with Crippen LogP contribution in [0.4, 0.5) is 0 Å². The number of carbonyl (C=O) groups is 1. The van der Waals surface area contributed by atoms with Crippen molar-refractivity contribution in [2.45, 2.75) is 23.8 Å². The van der Waals surface area contributed by atoms with E-state index in [0.29, 0.717) is 23.2 Å². The summed E-state index contributed by atoms with van der Waals surface area (Å²) in [5, 5.41) is 1.64. The van der Waals surface area contributed by atoms with E-state index in [9.17, 15) is 4.79 Å². The monoisotopic (exact) mass is 417 g/mol. The minimum atomic E-state index is -0.0937.